The molecule has 1 aromatic carbocycles. The van der Waals surface area contributed by atoms with Crippen molar-refractivity contribution in [1.82, 2.24) is 34.5 Å². The first-order valence-corrected chi connectivity index (χ1v) is 9.66. The summed E-state index contributed by atoms with van der Waals surface area (Å²) in [7, 11) is 1.93. The summed E-state index contributed by atoms with van der Waals surface area (Å²) in [4.78, 5) is 13.8. The van der Waals surface area contributed by atoms with E-state index >= 15 is 0 Å². The summed E-state index contributed by atoms with van der Waals surface area (Å²) >= 11 is 0. The number of fused-ring (bicyclic) bond motifs is 1. The van der Waals surface area contributed by atoms with Crippen molar-refractivity contribution < 1.29 is 0 Å². The zero-order chi connectivity index (χ0) is 18.9. The Morgan fingerprint density at radius 1 is 1.11 bits per heavy atom. The normalized spacial score (nSPS) is 14.8. The van der Waals surface area contributed by atoms with Crippen LogP contribution in [0, 0.1) is 0 Å². The number of rotatable bonds is 5. The second-order valence-electron chi connectivity index (χ2n) is 7.24. The summed E-state index contributed by atoms with van der Waals surface area (Å²) in [6, 6.07) is 8.16. The van der Waals surface area contributed by atoms with Gasteiger partial charge in [0.25, 0.3) is 0 Å². The summed E-state index contributed by atoms with van der Waals surface area (Å²) < 4.78 is 3.60. The van der Waals surface area contributed by atoms with E-state index in [-0.39, 0.29) is 0 Å². The van der Waals surface area contributed by atoms with Gasteiger partial charge in [-0.1, -0.05) is 31.0 Å². The van der Waals surface area contributed by atoms with Crippen molar-refractivity contribution in [3.8, 4) is 5.69 Å². The highest BCUT2D eigenvalue weighted by Gasteiger charge is 2.22. The van der Waals surface area contributed by atoms with Gasteiger partial charge in [0, 0.05) is 19.5 Å². The van der Waals surface area contributed by atoms with Crippen LogP contribution in [0.1, 0.15) is 43.0 Å². The van der Waals surface area contributed by atoms with Gasteiger partial charge in [0.05, 0.1) is 17.3 Å². The molecule has 1 aliphatic carbocycles. The predicted molar refractivity (Wildman–Crippen MR) is 106 cm³/mol. The molecule has 28 heavy (non-hydrogen) atoms. The van der Waals surface area contributed by atoms with Crippen molar-refractivity contribution in [1.29, 1.82) is 0 Å². The van der Waals surface area contributed by atoms with Crippen LogP contribution in [0.2, 0.25) is 0 Å². The lowest BCUT2D eigenvalue weighted by Crippen LogP contribution is -2.10. The summed E-state index contributed by atoms with van der Waals surface area (Å²) in [5, 5.41) is 13.1. The highest BCUT2D eigenvalue weighted by Crippen LogP contribution is 2.34. The number of nitrogens with one attached hydrogen (secondary N) is 1. The number of aromatic nitrogens is 7. The molecule has 1 N–H and O–H groups in total. The van der Waals surface area contributed by atoms with Gasteiger partial charge in [0.1, 0.15) is 24.3 Å². The molecule has 142 valence electrons. The van der Waals surface area contributed by atoms with Crippen molar-refractivity contribution in [3.63, 3.8) is 0 Å². The first kappa shape index (κ1) is 16.9. The van der Waals surface area contributed by atoms with Gasteiger partial charge in [0.15, 0.2) is 5.65 Å². The van der Waals surface area contributed by atoms with Crippen LogP contribution < -0.4 is 5.32 Å². The molecular weight excluding hydrogens is 352 g/mol. The Bertz CT molecular complexity index is 1090. The fourth-order valence-corrected chi connectivity index (χ4v) is 3.94. The standard InChI is InChI=1S/C20H22N8/c1-27-20-16(11-23-27)19(25-18(26-20)14-6-2-3-7-14)22-10-15-8-4-5-9-17(15)28-13-21-12-24-28/h4-5,8-9,11-14H,2-3,6-7,10H2,1H3,(H,22,25,26). The molecule has 0 bridgehead atoms. The monoisotopic (exact) mass is 374 g/mol. The molecule has 0 atom stereocenters. The second kappa shape index (κ2) is 7.03. The van der Waals surface area contributed by atoms with E-state index in [1.807, 2.05) is 36.1 Å². The van der Waals surface area contributed by atoms with E-state index in [1.54, 1.807) is 17.3 Å². The van der Waals surface area contributed by atoms with Gasteiger partial charge in [-0.3, -0.25) is 4.68 Å². The summed E-state index contributed by atoms with van der Waals surface area (Å²) in [6.45, 7) is 0.626. The Labute approximate surface area is 162 Å². The molecule has 3 heterocycles. The maximum absolute atomic E-state index is 4.89. The number of benzene rings is 1. The highest BCUT2D eigenvalue weighted by atomic mass is 15.3. The molecule has 4 aromatic rings. The third-order valence-electron chi connectivity index (χ3n) is 5.43. The molecule has 5 rings (SSSR count). The lowest BCUT2D eigenvalue weighted by atomic mass is 10.1. The minimum Gasteiger partial charge on any atom is -0.365 e. The van der Waals surface area contributed by atoms with E-state index in [0.29, 0.717) is 12.5 Å². The van der Waals surface area contributed by atoms with Crippen LogP contribution in [-0.4, -0.2) is 34.5 Å². The average molecular weight is 374 g/mol. The molecule has 3 aromatic heterocycles. The summed E-state index contributed by atoms with van der Waals surface area (Å²) in [5.74, 6) is 2.22. The van der Waals surface area contributed by atoms with Gasteiger partial charge in [0.2, 0.25) is 0 Å². The van der Waals surface area contributed by atoms with E-state index in [0.717, 1.165) is 46.8 Å². The lowest BCUT2D eigenvalue weighted by molar-refractivity contribution is 0.667. The van der Waals surface area contributed by atoms with Crippen LogP contribution in [0.4, 0.5) is 5.82 Å². The van der Waals surface area contributed by atoms with E-state index in [2.05, 4.69) is 26.6 Å². The maximum Gasteiger partial charge on any atom is 0.163 e. The van der Waals surface area contributed by atoms with Crippen molar-refractivity contribution in [2.75, 3.05) is 5.32 Å². The molecule has 0 spiro atoms. The Kier molecular flexibility index (Phi) is 4.23. The second-order valence-corrected chi connectivity index (χ2v) is 7.24. The average Bonchev–Trinajstić information content (AvgIpc) is 3.49. The fraction of sp³-hybridized carbons (Fsp3) is 0.350. The van der Waals surface area contributed by atoms with Crippen LogP contribution in [0.3, 0.4) is 0 Å². The third-order valence-corrected chi connectivity index (χ3v) is 5.43. The minimum atomic E-state index is 0.447. The van der Waals surface area contributed by atoms with Crippen LogP contribution in [0.5, 0.6) is 0 Å². The molecule has 1 saturated carbocycles. The largest absolute Gasteiger partial charge is 0.365 e. The first-order valence-electron chi connectivity index (χ1n) is 9.66. The quantitative estimate of drug-likeness (QED) is 0.577. The van der Waals surface area contributed by atoms with E-state index in [4.69, 9.17) is 9.97 Å². The molecule has 0 unspecified atom stereocenters. The molecule has 8 heteroatoms. The molecule has 0 amide bonds. The predicted octanol–water partition coefficient (Wildman–Crippen LogP) is 3.21. The molecule has 8 nitrogen and oxygen atoms in total. The number of anilines is 1. The van der Waals surface area contributed by atoms with Crippen LogP contribution in [0.25, 0.3) is 16.7 Å². The van der Waals surface area contributed by atoms with Crippen molar-refractivity contribution in [2.24, 2.45) is 7.05 Å². The summed E-state index contributed by atoms with van der Waals surface area (Å²) in [6.07, 6.45) is 9.93. The lowest BCUT2D eigenvalue weighted by Gasteiger charge is -2.14. The molecule has 1 fully saturated rings. The van der Waals surface area contributed by atoms with Crippen molar-refractivity contribution in [2.45, 2.75) is 38.1 Å². The maximum atomic E-state index is 4.89. The molecule has 0 radical (unpaired) electrons. The molecular formula is C20H22N8. The van der Waals surface area contributed by atoms with Crippen LogP contribution >= 0.6 is 0 Å². The van der Waals surface area contributed by atoms with Crippen molar-refractivity contribution >= 4 is 16.9 Å². The van der Waals surface area contributed by atoms with Crippen LogP contribution in [-0.2, 0) is 13.6 Å². The van der Waals surface area contributed by atoms with Gasteiger partial charge in [-0.15, -0.1) is 0 Å². The Balaban J connectivity index is 1.49. The number of para-hydroxylation sites is 1. The minimum absolute atomic E-state index is 0.447. The molecule has 0 aliphatic heterocycles. The zero-order valence-corrected chi connectivity index (χ0v) is 15.8. The molecule has 0 saturated heterocycles. The van der Waals surface area contributed by atoms with Gasteiger partial charge in [-0.2, -0.15) is 10.2 Å². The van der Waals surface area contributed by atoms with Gasteiger partial charge in [-0.05, 0) is 24.5 Å². The van der Waals surface area contributed by atoms with Gasteiger partial charge >= 0.3 is 0 Å². The van der Waals surface area contributed by atoms with Gasteiger partial charge < -0.3 is 5.32 Å². The first-order chi connectivity index (χ1) is 13.8. The summed E-state index contributed by atoms with van der Waals surface area (Å²) in [5.41, 5.74) is 3.00. The smallest absolute Gasteiger partial charge is 0.163 e. The Morgan fingerprint density at radius 3 is 2.79 bits per heavy atom. The number of aryl methyl sites for hydroxylation is 1. The van der Waals surface area contributed by atoms with Crippen molar-refractivity contribution in [3.05, 3.63) is 54.5 Å². The number of hydrogen-bond acceptors (Lipinski definition) is 6. The highest BCUT2D eigenvalue weighted by molar-refractivity contribution is 5.86. The van der Waals surface area contributed by atoms with Crippen LogP contribution in [0.15, 0.2) is 43.1 Å². The van der Waals surface area contributed by atoms with E-state index < -0.39 is 0 Å². The SMILES string of the molecule is Cn1ncc2c(NCc3ccccc3-n3cncn3)nc(C3CCCC3)nc21. The van der Waals surface area contributed by atoms with Gasteiger partial charge in [-0.25, -0.2) is 19.6 Å². The number of hydrogen-bond donors (Lipinski definition) is 1. The third kappa shape index (κ3) is 3.00. The number of nitrogens with zero attached hydrogens (tertiary/aromatic N) is 7. The fourth-order valence-electron chi connectivity index (χ4n) is 3.94. The topological polar surface area (TPSA) is 86.3 Å². The molecule has 1 aliphatic rings. The zero-order valence-electron chi connectivity index (χ0n) is 15.8. The Morgan fingerprint density at radius 2 is 1.96 bits per heavy atom. The van der Waals surface area contributed by atoms with E-state index in [1.165, 1.54) is 12.8 Å². The Hall–Kier alpha value is -3.29. The van der Waals surface area contributed by atoms with E-state index in [9.17, 15) is 0 Å².